The Morgan fingerprint density at radius 2 is 1.96 bits per heavy atom. The first-order chi connectivity index (χ1) is 11.6. The van der Waals surface area contributed by atoms with Crippen LogP contribution in [0.5, 0.6) is 11.5 Å². The van der Waals surface area contributed by atoms with Crippen LogP contribution < -0.4 is 14.7 Å². The lowest BCUT2D eigenvalue weighted by molar-refractivity contribution is 0.0300. The van der Waals surface area contributed by atoms with Gasteiger partial charge in [0, 0.05) is 10.8 Å². The zero-order valence-electron chi connectivity index (χ0n) is 12.6. The highest BCUT2D eigenvalue weighted by Gasteiger charge is 2.27. The molecule has 3 aromatic carbocycles. The Balaban J connectivity index is 2.28. The van der Waals surface area contributed by atoms with Crippen molar-refractivity contribution in [1.29, 1.82) is 0 Å². The first-order valence-corrected chi connectivity index (χ1v) is 7.16. The van der Waals surface area contributed by atoms with Gasteiger partial charge in [-0.2, -0.15) is 0 Å². The highest BCUT2D eigenvalue weighted by Crippen LogP contribution is 2.47. The van der Waals surface area contributed by atoms with E-state index >= 15 is 0 Å². The summed E-state index contributed by atoms with van der Waals surface area (Å²) < 4.78 is 15.8. The number of ether oxygens (including phenoxy) is 3. The quantitative estimate of drug-likeness (QED) is 0.425. The van der Waals surface area contributed by atoms with Crippen molar-refractivity contribution >= 4 is 33.2 Å². The van der Waals surface area contributed by atoms with E-state index in [1.165, 1.54) is 13.2 Å². The van der Waals surface area contributed by atoms with Crippen molar-refractivity contribution in [2.75, 3.05) is 19.1 Å². The van der Waals surface area contributed by atoms with E-state index in [9.17, 15) is 15.2 Å². The van der Waals surface area contributed by atoms with Crippen LogP contribution in [0.1, 0.15) is 10.4 Å². The second kappa shape index (κ2) is 5.26. The highest BCUT2D eigenvalue weighted by atomic mass is 16.8. The number of benzene rings is 3. The topological polar surface area (TPSA) is 88.5 Å². The fraction of sp³-hybridized carbons (Fsp3) is 0.118. The lowest BCUT2D eigenvalue weighted by Gasteiger charge is -2.17. The molecule has 122 valence electrons. The summed E-state index contributed by atoms with van der Waals surface area (Å²) in [5.74, 6) is 0.252. The molecule has 7 nitrogen and oxygen atoms in total. The van der Waals surface area contributed by atoms with Gasteiger partial charge in [-0.05, 0) is 22.9 Å². The number of hydrogen-bond donors (Lipinski definition) is 2. The molecule has 1 aliphatic heterocycles. The van der Waals surface area contributed by atoms with Gasteiger partial charge in [-0.25, -0.2) is 4.79 Å². The van der Waals surface area contributed by atoms with Gasteiger partial charge in [-0.15, -0.1) is 5.23 Å². The minimum atomic E-state index is -0.614. The predicted molar refractivity (Wildman–Crippen MR) is 85.0 cm³/mol. The Labute approximate surface area is 136 Å². The molecule has 0 aliphatic carbocycles. The molecule has 0 saturated heterocycles. The molecule has 0 amide bonds. The number of methoxy groups -OCH3 is 1. The molecule has 0 unspecified atom stereocenters. The SMILES string of the molecule is COC(=O)c1cc2c(c3c1c(N(O)O)cc1ccccc13)OCO2. The number of rotatable bonds is 2. The van der Waals surface area contributed by atoms with E-state index in [1.807, 2.05) is 24.3 Å². The largest absolute Gasteiger partial charge is 0.465 e. The van der Waals surface area contributed by atoms with Crippen molar-refractivity contribution in [3.05, 3.63) is 42.0 Å². The number of anilines is 1. The van der Waals surface area contributed by atoms with Gasteiger partial charge >= 0.3 is 5.97 Å². The lowest BCUT2D eigenvalue weighted by Crippen LogP contribution is -2.13. The summed E-state index contributed by atoms with van der Waals surface area (Å²) >= 11 is 0. The van der Waals surface area contributed by atoms with Gasteiger partial charge in [0.15, 0.2) is 11.5 Å². The molecule has 7 heteroatoms. The standard InChI is InChI=1S/C17H13NO6/c1-22-17(19)11-7-13-16(24-8-23-13)15-10-5-3-2-4-9(10)6-12(14(11)15)18(20)21/h2-7,20-21H,8H2,1H3. The Morgan fingerprint density at radius 1 is 1.17 bits per heavy atom. The number of nitrogens with zero attached hydrogens (tertiary/aromatic N) is 1. The van der Waals surface area contributed by atoms with Gasteiger partial charge in [0.25, 0.3) is 0 Å². The molecule has 0 aromatic heterocycles. The van der Waals surface area contributed by atoms with E-state index in [0.717, 1.165) is 10.8 Å². The third-order valence-corrected chi connectivity index (χ3v) is 4.06. The summed E-state index contributed by atoms with van der Waals surface area (Å²) in [4.78, 5) is 12.2. The monoisotopic (exact) mass is 327 g/mol. The fourth-order valence-electron chi connectivity index (χ4n) is 3.06. The number of carbonyl (C=O) groups is 1. The predicted octanol–water partition coefficient (Wildman–Crippen LogP) is 3.09. The van der Waals surface area contributed by atoms with Crippen LogP contribution in [0.2, 0.25) is 0 Å². The second-order valence-corrected chi connectivity index (χ2v) is 5.31. The van der Waals surface area contributed by atoms with Gasteiger partial charge in [0.05, 0.1) is 12.7 Å². The normalized spacial score (nSPS) is 12.6. The van der Waals surface area contributed by atoms with Gasteiger partial charge in [0.2, 0.25) is 6.79 Å². The first kappa shape index (κ1) is 14.6. The van der Waals surface area contributed by atoms with Gasteiger partial charge in [0.1, 0.15) is 5.69 Å². The van der Waals surface area contributed by atoms with E-state index < -0.39 is 5.97 Å². The summed E-state index contributed by atoms with van der Waals surface area (Å²) in [5.41, 5.74) is 0.202. The van der Waals surface area contributed by atoms with Crippen LogP contribution >= 0.6 is 0 Å². The molecule has 2 N–H and O–H groups in total. The van der Waals surface area contributed by atoms with Gasteiger partial charge in [-0.3, -0.25) is 10.4 Å². The van der Waals surface area contributed by atoms with Crippen LogP contribution in [0.25, 0.3) is 21.5 Å². The van der Waals surface area contributed by atoms with Crippen molar-refractivity contribution < 1.29 is 29.4 Å². The third kappa shape index (κ3) is 1.96. The Kier molecular flexibility index (Phi) is 3.19. The number of esters is 1. The molecule has 4 rings (SSSR count). The minimum Gasteiger partial charge on any atom is -0.465 e. The molecule has 0 radical (unpaired) electrons. The number of hydrogen-bond acceptors (Lipinski definition) is 7. The highest BCUT2D eigenvalue weighted by molar-refractivity contribution is 6.22. The summed E-state index contributed by atoms with van der Waals surface area (Å²) in [5, 5.41) is 21.8. The average molecular weight is 327 g/mol. The molecule has 0 bridgehead atoms. The van der Waals surface area contributed by atoms with Crippen molar-refractivity contribution in [2.45, 2.75) is 0 Å². The smallest absolute Gasteiger partial charge is 0.338 e. The minimum absolute atomic E-state index is 0.0105. The van der Waals surface area contributed by atoms with Crippen LogP contribution in [0.4, 0.5) is 5.69 Å². The zero-order chi connectivity index (χ0) is 16.8. The fourth-order valence-corrected chi connectivity index (χ4v) is 3.06. The van der Waals surface area contributed by atoms with Crippen molar-refractivity contribution in [3.8, 4) is 11.5 Å². The van der Waals surface area contributed by atoms with E-state index in [4.69, 9.17) is 14.2 Å². The van der Waals surface area contributed by atoms with Crippen molar-refractivity contribution in [3.63, 3.8) is 0 Å². The van der Waals surface area contributed by atoms with Crippen LogP contribution in [0.15, 0.2) is 36.4 Å². The summed E-state index contributed by atoms with van der Waals surface area (Å²) in [6.45, 7) is 0.0234. The Hall–Kier alpha value is -3.03. The lowest BCUT2D eigenvalue weighted by atomic mass is 9.95. The molecule has 24 heavy (non-hydrogen) atoms. The van der Waals surface area contributed by atoms with E-state index in [-0.39, 0.29) is 23.3 Å². The number of carbonyl (C=O) groups excluding carboxylic acids is 1. The molecular weight excluding hydrogens is 314 g/mol. The van der Waals surface area contributed by atoms with Crippen LogP contribution in [-0.2, 0) is 4.74 Å². The molecule has 0 saturated carbocycles. The first-order valence-electron chi connectivity index (χ1n) is 7.16. The molecule has 0 fully saturated rings. The van der Waals surface area contributed by atoms with E-state index in [0.29, 0.717) is 22.3 Å². The second-order valence-electron chi connectivity index (χ2n) is 5.31. The molecule has 0 spiro atoms. The zero-order valence-corrected chi connectivity index (χ0v) is 12.6. The maximum absolute atomic E-state index is 12.2. The van der Waals surface area contributed by atoms with Crippen LogP contribution in [-0.4, -0.2) is 30.3 Å². The Morgan fingerprint density at radius 3 is 2.71 bits per heavy atom. The van der Waals surface area contributed by atoms with Gasteiger partial charge in [-0.1, -0.05) is 24.3 Å². The summed E-state index contributed by atoms with van der Waals surface area (Å²) in [7, 11) is 1.26. The molecule has 3 aromatic rings. The van der Waals surface area contributed by atoms with Gasteiger partial charge < -0.3 is 14.2 Å². The molecular formula is C17H13NO6. The van der Waals surface area contributed by atoms with E-state index in [2.05, 4.69) is 0 Å². The van der Waals surface area contributed by atoms with E-state index in [1.54, 1.807) is 6.07 Å². The van der Waals surface area contributed by atoms with Crippen molar-refractivity contribution in [1.82, 2.24) is 0 Å². The van der Waals surface area contributed by atoms with Crippen molar-refractivity contribution in [2.24, 2.45) is 0 Å². The molecule has 1 heterocycles. The van der Waals surface area contributed by atoms with Crippen LogP contribution in [0, 0.1) is 0 Å². The maximum Gasteiger partial charge on any atom is 0.338 e. The summed E-state index contributed by atoms with van der Waals surface area (Å²) in [6.07, 6.45) is 0. The Bertz CT molecular complexity index is 982. The molecule has 0 atom stereocenters. The van der Waals surface area contributed by atoms with Crippen LogP contribution in [0.3, 0.4) is 0 Å². The number of fused-ring (bicyclic) bond motifs is 5. The maximum atomic E-state index is 12.2. The molecule has 1 aliphatic rings. The summed E-state index contributed by atoms with van der Waals surface area (Å²) in [6, 6.07) is 10.4. The third-order valence-electron chi connectivity index (χ3n) is 4.06. The average Bonchev–Trinajstić information content (AvgIpc) is 3.07.